The maximum Gasteiger partial charge on any atom is 0.323 e. The van der Waals surface area contributed by atoms with E-state index in [0.717, 1.165) is 24.4 Å². The molecule has 25 heavy (non-hydrogen) atoms. The van der Waals surface area contributed by atoms with Crippen molar-refractivity contribution in [1.29, 1.82) is 0 Å². The number of carbonyl (C=O) groups excluding carboxylic acids is 1. The minimum Gasteiger partial charge on any atom is -0.324 e. The Hall–Kier alpha value is -2.74. The number of thiazole rings is 1. The van der Waals surface area contributed by atoms with E-state index in [9.17, 15) is 4.79 Å². The Morgan fingerprint density at radius 3 is 2.72 bits per heavy atom. The van der Waals surface area contributed by atoms with Crippen molar-refractivity contribution < 1.29 is 4.79 Å². The third kappa shape index (κ3) is 3.39. The molecule has 128 valence electrons. The van der Waals surface area contributed by atoms with Gasteiger partial charge in [-0.25, -0.2) is 9.78 Å². The highest BCUT2D eigenvalue weighted by atomic mass is 32.1. The van der Waals surface area contributed by atoms with E-state index >= 15 is 0 Å². The van der Waals surface area contributed by atoms with Crippen molar-refractivity contribution in [2.24, 2.45) is 0 Å². The predicted molar refractivity (Wildman–Crippen MR) is 96.0 cm³/mol. The smallest absolute Gasteiger partial charge is 0.323 e. The summed E-state index contributed by atoms with van der Waals surface area (Å²) >= 11 is 1.42. The van der Waals surface area contributed by atoms with Crippen LogP contribution in [0.5, 0.6) is 0 Å². The highest BCUT2D eigenvalue weighted by molar-refractivity contribution is 7.13. The van der Waals surface area contributed by atoms with Gasteiger partial charge < -0.3 is 4.90 Å². The number of para-hydroxylation sites is 1. The molecule has 7 nitrogen and oxygen atoms in total. The van der Waals surface area contributed by atoms with Crippen molar-refractivity contribution in [3.05, 3.63) is 54.1 Å². The first kappa shape index (κ1) is 15.8. The lowest BCUT2D eigenvalue weighted by Gasteiger charge is -2.31. The number of amides is 2. The van der Waals surface area contributed by atoms with Crippen LogP contribution >= 0.6 is 11.3 Å². The van der Waals surface area contributed by atoms with E-state index in [1.54, 1.807) is 12.5 Å². The van der Waals surface area contributed by atoms with Crippen LogP contribution in [0.15, 0.2) is 48.2 Å². The largest absolute Gasteiger partial charge is 0.324 e. The number of nitrogens with one attached hydrogen (secondary N) is 1. The fourth-order valence-electron chi connectivity index (χ4n) is 3.11. The van der Waals surface area contributed by atoms with Crippen LogP contribution in [0.1, 0.15) is 24.6 Å². The number of aromatic nitrogens is 4. The third-order valence-corrected chi connectivity index (χ3v) is 5.09. The topological polar surface area (TPSA) is 75.9 Å². The van der Waals surface area contributed by atoms with Gasteiger partial charge in [0.25, 0.3) is 0 Å². The fourth-order valence-corrected chi connectivity index (χ4v) is 3.62. The highest BCUT2D eigenvalue weighted by Gasteiger charge is 2.27. The zero-order valence-electron chi connectivity index (χ0n) is 13.6. The Bertz CT molecular complexity index is 824. The number of urea groups is 1. The Morgan fingerprint density at radius 1 is 1.20 bits per heavy atom. The molecule has 1 aliphatic heterocycles. The van der Waals surface area contributed by atoms with Crippen molar-refractivity contribution >= 4 is 22.5 Å². The second kappa shape index (κ2) is 7.02. The minimum atomic E-state index is -0.0853. The summed E-state index contributed by atoms with van der Waals surface area (Å²) in [6.45, 7) is 1.40. The lowest BCUT2D eigenvalue weighted by Crippen LogP contribution is -2.40. The van der Waals surface area contributed by atoms with E-state index < -0.39 is 0 Å². The molecule has 1 aromatic carbocycles. The van der Waals surface area contributed by atoms with E-state index in [-0.39, 0.29) is 6.03 Å². The van der Waals surface area contributed by atoms with Gasteiger partial charge in [0.1, 0.15) is 12.2 Å². The van der Waals surface area contributed by atoms with Gasteiger partial charge in [0.2, 0.25) is 0 Å². The zero-order valence-corrected chi connectivity index (χ0v) is 14.4. The summed E-state index contributed by atoms with van der Waals surface area (Å²) in [4.78, 5) is 18.2. The summed E-state index contributed by atoms with van der Waals surface area (Å²) in [6.07, 6.45) is 5.18. The molecule has 1 saturated heterocycles. The number of benzene rings is 1. The molecule has 2 amide bonds. The SMILES string of the molecule is O=C(Nc1nccs1)N1CCC(c2nncn2-c2ccccc2)CC1. The van der Waals surface area contributed by atoms with Crippen LogP contribution in [0.3, 0.4) is 0 Å². The molecule has 0 aliphatic carbocycles. The second-order valence-electron chi connectivity index (χ2n) is 5.92. The molecule has 0 saturated carbocycles. The molecule has 3 heterocycles. The van der Waals surface area contributed by atoms with Gasteiger partial charge in [0, 0.05) is 36.3 Å². The molecule has 1 N–H and O–H groups in total. The van der Waals surface area contributed by atoms with Gasteiger partial charge >= 0.3 is 6.03 Å². The molecular formula is C17H18N6OS. The summed E-state index contributed by atoms with van der Waals surface area (Å²) in [5.41, 5.74) is 1.06. The highest BCUT2D eigenvalue weighted by Crippen LogP contribution is 2.28. The normalized spacial score (nSPS) is 15.3. The number of anilines is 1. The van der Waals surface area contributed by atoms with Gasteiger partial charge in [0.05, 0.1) is 0 Å². The van der Waals surface area contributed by atoms with E-state index in [1.165, 1.54) is 11.3 Å². The number of piperidine rings is 1. The number of nitrogens with zero attached hydrogens (tertiary/aromatic N) is 5. The van der Waals surface area contributed by atoms with Crippen LogP contribution in [0.4, 0.5) is 9.93 Å². The molecule has 2 aromatic heterocycles. The van der Waals surface area contributed by atoms with Crippen LogP contribution < -0.4 is 5.32 Å². The first-order chi connectivity index (χ1) is 12.3. The predicted octanol–water partition coefficient (Wildman–Crippen LogP) is 3.14. The van der Waals surface area contributed by atoms with Crippen molar-refractivity contribution in [3.63, 3.8) is 0 Å². The van der Waals surface area contributed by atoms with E-state index in [4.69, 9.17) is 0 Å². The van der Waals surface area contributed by atoms with Crippen LogP contribution in [0.25, 0.3) is 5.69 Å². The van der Waals surface area contributed by atoms with Gasteiger partial charge in [-0.15, -0.1) is 21.5 Å². The molecule has 0 atom stereocenters. The monoisotopic (exact) mass is 354 g/mol. The van der Waals surface area contributed by atoms with E-state index in [1.807, 2.05) is 45.2 Å². The van der Waals surface area contributed by atoms with Crippen molar-refractivity contribution in [1.82, 2.24) is 24.6 Å². The van der Waals surface area contributed by atoms with Crippen LogP contribution in [0, 0.1) is 0 Å². The number of rotatable bonds is 3. The Balaban J connectivity index is 1.41. The van der Waals surface area contributed by atoms with Gasteiger partial charge in [0.15, 0.2) is 5.13 Å². The zero-order chi connectivity index (χ0) is 17.1. The molecule has 8 heteroatoms. The maximum absolute atomic E-state index is 12.3. The molecule has 0 radical (unpaired) electrons. The summed E-state index contributed by atoms with van der Waals surface area (Å²) < 4.78 is 2.04. The van der Waals surface area contributed by atoms with Gasteiger partial charge in [-0.1, -0.05) is 18.2 Å². The maximum atomic E-state index is 12.3. The third-order valence-electron chi connectivity index (χ3n) is 4.40. The standard InChI is InChI=1S/C17H18N6OS/c24-17(20-16-18-8-11-25-16)22-9-6-13(7-10-22)15-21-19-12-23(15)14-4-2-1-3-5-14/h1-5,8,11-13H,6-7,9-10H2,(H,18,20,24). The molecule has 3 aromatic rings. The van der Waals surface area contributed by atoms with Crippen LogP contribution in [-0.4, -0.2) is 43.8 Å². The molecule has 0 spiro atoms. The average Bonchev–Trinajstić information content (AvgIpc) is 3.34. The van der Waals surface area contributed by atoms with Gasteiger partial charge in [-0.2, -0.15) is 0 Å². The fraction of sp³-hybridized carbons (Fsp3) is 0.294. The van der Waals surface area contributed by atoms with Gasteiger partial charge in [-0.05, 0) is 25.0 Å². The molecular weight excluding hydrogens is 336 g/mol. The van der Waals surface area contributed by atoms with Crippen LogP contribution in [-0.2, 0) is 0 Å². The van der Waals surface area contributed by atoms with Gasteiger partial charge in [-0.3, -0.25) is 9.88 Å². The average molecular weight is 354 g/mol. The molecule has 0 unspecified atom stereocenters. The Morgan fingerprint density at radius 2 is 2.00 bits per heavy atom. The first-order valence-corrected chi connectivity index (χ1v) is 9.10. The number of carbonyl (C=O) groups is 1. The number of hydrogen-bond donors (Lipinski definition) is 1. The summed E-state index contributed by atoms with van der Waals surface area (Å²) in [7, 11) is 0. The van der Waals surface area contributed by atoms with Crippen molar-refractivity contribution in [2.75, 3.05) is 18.4 Å². The number of likely N-dealkylation sites (tertiary alicyclic amines) is 1. The summed E-state index contributed by atoms with van der Waals surface area (Å²) in [5.74, 6) is 1.26. The molecule has 0 bridgehead atoms. The van der Waals surface area contributed by atoms with Crippen molar-refractivity contribution in [2.45, 2.75) is 18.8 Å². The Kier molecular flexibility index (Phi) is 4.43. The summed E-state index contributed by atoms with van der Waals surface area (Å²) in [5, 5.41) is 13.7. The quantitative estimate of drug-likeness (QED) is 0.784. The first-order valence-electron chi connectivity index (χ1n) is 8.22. The Labute approximate surface area is 149 Å². The van der Waals surface area contributed by atoms with E-state index in [2.05, 4.69) is 20.5 Å². The molecule has 1 fully saturated rings. The lowest BCUT2D eigenvalue weighted by molar-refractivity contribution is 0.193. The van der Waals surface area contributed by atoms with Crippen molar-refractivity contribution in [3.8, 4) is 5.69 Å². The molecule has 4 rings (SSSR count). The lowest BCUT2D eigenvalue weighted by atomic mass is 9.96. The number of hydrogen-bond acceptors (Lipinski definition) is 5. The summed E-state index contributed by atoms with van der Waals surface area (Å²) in [6, 6.07) is 10.0. The minimum absolute atomic E-state index is 0.0853. The second-order valence-corrected chi connectivity index (χ2v) is 6.82. The molecule has 1 aliphatic rings. The van der Waals surface area contributed by atoms with E-state index in [0.29, 0.717) is 24.1 Å². The van der Waals surface area contributed by atoms with Crippen LogP contribution in [0.2, 0.25) is 0 Å².